The van der Waals surface area contributed by atoms with Crippen LogP contribution >= 0.6 is 0 Å². The van der Waals surface area contributed by atoms with Crippen LogP contribution < -0.4 is 10.6 Å². The molecular weight excluding hydrogens is 326 g/mol. The number of hydrogen-bond acceptors (Lipinski definition) is 3. The number of hydrogen-bond donors (Lipinski definition) is 3. The molecule has 2 aromatic rings. The number of carbonyl (C=O) groups excluding carboxylic acids is 1. The van der Waals surface area contributed by atoms with Gasteiger partial charge in [-0.15, -0.1) is 0 Å². The molecule has 7 heteroatoms. The maximum atomic E-state index is 13.9. The van der Waals surface area contributed by atoms with Gasteiger partial charge in [-0.2, -0.15) is 5.10 Å². The Morgan fingerprint density at radius 3 is 2.96 bits per heavy atom. The van der Waals surface area contributed by atoms with Gasteiger partial charge in [-0.05, 0) is 49.4 Å². The van der Waals surface area contributed by atoms with Crippen molar-refractivity contribution < 1.29 is 13.6 Å². The Bertz CT molecular complexity index is 798. The maximum Gasteiger partial charge on any atom is 0.255 e. The molecule has 2 unspecified atom stereocenters. The number of nitrogens with zero attached hydrogens (tertiary/aromatic N) is 1. The van der Waals surface area contributed by atoms with Crippen molar-refractivity contribution in [3.8, 4) is 0 Å². The van der Waals surface area contributed by atoms with Crippen LogP contribution in [-0.2, 0) is 6.42 Å². The highest BCUT2D eigenvalue weighted by Crippen LogP contribution is 2.34. The minimum Gasteiger partial charge on any atom is -0.345 e. The van der Waals surface area contributed by atoms with Gasteiger partial charge in [0.1, 0.15) is 11.6 Å². The second-order valence-electron chi connectivity index (χ2n) is 6.76. The van der Waals surface area contributed by atoms with Crippen LogP contribution in [0.5, 0.6) is 0 Å². The van der Waals surface area contributed by atoms with Crippen molar-refractivity contribution in [1.29, 1.82) is 0 Å². The van der Waals surface area contributed by atoms with Gasteiger partial charge in [0.2, 0.25) is 0 Å². The third-order valence-electron chi connectivity index (χ3n) is 5.18. The lowest BCUT2D eigenvalue weighted by molar-refractivity contribution is 0.0935. The average molecular weight is 346 g/mol. The Hall–Kier alpha value is -2.28. The van der Waals surface area contributed by atoms with Gasteiger partial charge in [0.15, 0.2) is 0 Å². The summed E-state index contributed by atoms with van der Waals surface area (Å²) in [5, 5.41) is 13.2. The predicted octanol–water partition coefficient (Wildman–Crippen LogP) is 2.57. The number of carbonyl (C=O) groups is 1. The molecule has 1 aliphatic carbocycles. The average Bonchev–Trinajstić information content (AvgIpc) is 3.23. The van der Waals surface area contributed by atoms with E-state index in [4.69, 9.17) is 0 Å². The van der Waals surface area contributed by atoms with Crippen LogP contribution in [-0.4, -0.2) is 29.2 Å². The van der Waals surface area contributed by atoms with E-state index in [1.165, 1.54) is 12.3 Å². The van der Waals surface area contributed by atoms with Crippen LogP contribution in [0.3, 0.4) is 0 Å². The molecule has 2 heterocycles. The maximum absolute atomic E-state index is 13.9. The number of rotatable bonds is 3. The molecule has 2 aliphatic rings. The molecule has 0 bridgehead atoms. The Morgan fingerprint density at radius 2 is 2.16 bits per heavy atom. The molecule has 3 N–H and O–H groups in total. The molecule has 5 nitrogen and oxygen atoms in total. The lowest BCUT2D eigenvalue weighted by atomic mass is 9.93. The Balaban J connectivity index is 1.54. The largest absolute Gasteiger partial charge is 0.345 e. The Morgan fingerprint density at radius 1 is 1.28 bits per heavy atom. The van der Waals surface area contributed by atoms with Gasteiger partial charge < -0.3 is 10.6 Å². The number of halogens is 2. The van der Waals surface area contributed by atoms with Crippen LogP contribution in [0.4, 0.5) is 8.78 Å². The summed E-state index contributed by atoms with van der Waals surface area (Å²) in [4.78, 5) is 12.7. The van der Waals surface area contributed by atoms with E-state index in [0.717, 1.165) is 37.7 Å². The Labute approximate surface area is 144 Å². The van der Waals surface area contributed by atoms with Crippen molar-refractivity contribution in [3.05, 3.63) is 52.3 Å². The summed E-state index contributed by atoms with van der Waals surface area (Å²) in [5.41, 5.74) is 2.37. The van der Waals surface area contributed by atoms with E-state index in [9.17, 15) is 13.6 Å². The third kappa shape index (κ3) is 3.04. The first-order chi connectivity index (χ1) is 12.1. The number of aromatic amines is 1. The topological polar surface area (TPSA) is 69.8 Å². The van der Waals surface area contributed by atoms with Crippen molar-refractivity contribution in [2.24, 2.45) is 0 Å². The zero-order valence-electron chi connectivity index (χ0n) is 13.7. The predicted molar refractivity (Wildman–Crippen MR) is 88.3 cm³/mol. The van der Waals surface area contributed by atoms with Gasteiger partial charge in [0, 0.05) is 18.5 Å². The summed E-state index contributed by atoms with van der Waals surface area (Å²) in [7, 11) is 0. The van der Waals surface area contributed by atoms with Crippen molar-refractivity contribution >= 4 is 5.91 Å². The number of fused-ring (bicyclic) bond motifs is 1. The molecule has 132 valence electrons. The molecule has 1 saturated heterocycles. The summed E-state index contributed by atoms with van der Waals surface area (Å²) >= 11 is 0. The van der Waals surface area contributed by atoms with Crippen molar-refractivity contribution in [1.82, 2.24) is 20.8 Å². The van der Waals surface area contributed by atoms with Crippen molar-refractivity contribution in [3.63, 3.8) is 0 Å². The summed E-state index contributed by atoms with van der Waals surface area (Å²) < 4.78 is 27.4. The van der Waals surface area contributed by atoms with E-state index in [1.807, 2.05) is 0 Å². The zero-order chi connectivity index (χ0) is 17.4. The molecule has 0 spiro atoms. The summed E-state index contributed by atoms with van der Waals surface area (Å²) in [6, 6.07) is 1.84. The highest BCUT2D eigenvalue weighted by molar-refractivity contribution is 5.95. The lowest BCUT2D eigenvalue weighted by Crippen LogP contribution is -2.31. The third-order valence-corrected chi connectivity index (χ3v) is 5.18. The molecule has 1 aromatic carbocycles. The minimum atomic E-state index is -0.616. The second kappa shape index (κ2) is 6.55. The summed E-state index contributed by atoms with van der Waals surface area (Å²) in [6.45, 7) is 1.80. The van der Waals surface area contributed by atoms with E-state index in [2.05, 4.69) is 20.8 Å². The number of aromatic nitrogens is 2. The van der Waals surface area contributed by atoms with E-state index >= 15 is 0 Å². The molecule has 1 amide bonds. The number of H-pyrrole nitrogens is 1. The molecule has 1 fully saturated rings. The number of amides is 1. The quantitative estimate of drug-likeness (QED) is 0.800. The molecule has 1 aromatic heterocycles. The fourth-order valence-corrected chi connectivity index (χ4v) is 3.91. The molecule has 2 atom stereocenters. The van der Waals surface area contributed by atoms with Crippen molar-refractivity contribution in [2.45, 2.75) is 37.6 Å². The van der Waals surface area contributed by atoms with E-state index in [-0.39, 0.29) is 17.9 Å². The number of nitrogens with one attached hydrogen (secondary N) is 3. The zero-order valence-corrected chi connectivity index (χ0v) is 13.7. The van der Waals surface area contributed by atoms with Crippen LogP contribution in [0.1, 0.15) is 58.4 Å². The minimum absolute atomic E-state index is 0.225. The van der Waals surface area contributed by atoms with Crippen LogP contribution in [0.25, 0.3) is 0 Å². The van der Waals surface area contributed by atoms with Gasteiger partial charge in [0.25, 0.3) is 5.91 Å². The van der Waals surface area contributed by atoms with E-state index in [0.29, 0.717) is 29.5 Å². The normalized spacial score (nSPS) is 22.6. The standard InChI is InChI=1S/C18H20F2N4O/c19-11-6-13-12(15(20)7-11)3-4-16(13)23-18(25)14-9-22-24-17(14)10-2-1-5-21-8-10/h6-7,9-10,16,21H,1-5,8H2,(H,22,24)(H,23,25). The molecule has 0 radical (unpaired) electrons. The molecule has 0 saturated carbocycles. The van der Waals surface area contributed by atoms with Gasteiger partial charge >= 0.3 is 0 Å². The van der Waals surface area contributed by atoms with Gasteiger partial charge in [-0.3, -0.25) is 9.89 Å². The molecular formula is C18H20F2N4O. The smallest absolute Gasteiger partial charge is 0.255 e. The van der Waals surface area contributed by atoms with E-state index < -0.39 is 11.6 Å². The fraction of sp³-hybridized carbons (Fsp3) is 0.444. The molecule has 25 heavy (non-hydrogen) atoms. The first kappa shape index (κ1) is 16.2. The summed E-state index contributed by atoms with van der Waals surface area (Å²) in [6.07, 6.45) is 4.65. The Kier molecular flexibility index (Phi) is 4.25. The van der Waals surface area contributed by atoms with Gasteiger partial charge in [0.05, 0.1) is 23.5 Å². The van der Waals surface area contributed by atoms with E-state index in [1.54, 1.807) is 0 Å². The monoisotopic (exact) mass is 346 g/mol. The highest BCUT2D eigenvalue weighted by Gasteiger charge is 2.29. The van der Waals surface area contributed by atoms with Crippen LogP contribution in [0, 0.1) is 11.6 Å². The van der Waals surface area contributed by atoms with Crippen LogP contribution in [0.15, 0.2) is 18.3 Å². The van der Waals surface area contributed by atoms with Crippen molar-refractivity contribution in [2.75, 3.05) is 13.1 Å². The fourth-order valence-electron chi connectivity index (χ4n) is 3.91. The van der Waals surface area contributed by atoms with Gasteiger partial charge in [-0.25, -0.2) is 8.78 Å². The van der Waals surface area contributed by atoms with Crippen LogP contribution in [0.2, 0.25) is 0 Å². The first-order valence-corrected chi connectivity index (χ1v) is 8.66. The molecule has 1 aliphatic heterocycles. The molecule has 4 rings (SSSR count). The SMILES string of the molecule is O=C(NC1CCc2c(F)cc(F)cc21)c1cn[nH]c1C1CCCNC1. The first-order valence-electron chi connectivity index (χ1n) is 8.66. The number of piperidine rings is 1. The highest BCUT2D eigenvalue weighted by atomic mass is 19.1. The number of benzene rings is 1. The van der Waals surface area contributed by atoms with Gasteiger partial charge in [-0.1, -0.05) is 0 Å². The lowest BCUT2D eigenvalue weighted by Gasteiger charge is -2.23. The second-order valence-corrected chi connectivity index (χ2v) is 6.76. The summed E-state index contributed by atoms with van der Waals surface area (Å²) in [5.74, 6) is -1.18.